The van der Waals surface area contributed by atoms with Gasteiger partial charge in [0.05, 0.1) is 7.11 Å². The molecule has 17 heavy (non-hydrogen) atoms. The van der Waals surface area contributed by atoms with Crippen molar-refractivity contribution in [2.45, 2.75) is 19.8 Å². The van der Waals surface area contributed by atoms with Crippen LogP contribution in [0.4, 0.5) is 0 Å². The second-order valence-electron chi connectivity index (χ2n) is 4.40. The van der Waals surface area contributed by atoms with Crippen molar-refractivity contribution in [1.82, 2.24) is 4.90 Å². The molecular formula is C14H22ClNO. The maximum Gasteiger partial charge on any atom is 0.122 e. The van der Waals surface area contributed by atoms with Crippen molar-refractivity contribution < 1.29 is 4.74 Å². The first-order valence-corrected chi connectivity index (χ1v) is 6.59. The fourth-order valence-corrected chi connectivity index (χ4v) is 1.90. The Balaban J connectivity index is 2.46. The minimum absolute atomic E-state index is 0.739. The standard InChI is InChI=1S/C14H22ClNO/c1-12-5-6-13(11-14(12)17-3)7-10-16(2)9-4-8-15/h5-6,11H,4,7-10H2,1-3H3. The predicted molar refractivity (Wildman–Crippen MR) is 74.3 cm³/mol. The number of hydrogen-bond donors (Lipinski definition) is 0. The second-order valence-corrected chi connectivity index (χ2v) is 4.78. The maximum atomic E-state index is 5.68. The Kier molecular flexibility index (Phi) is 6.38. The quantitative estimate of drug-likeness (QED) is 0.695. The van der Waals surface area contributed by atoms with Gasteiger partial charge >= 0.3 is 0 Å². The molecule has 0 aliphatic rings. The van der Waals surface area contributed by atoms with Crippen LogP contribution in [0.5, 0.6) is 5.75 Å². The summed E-state index contributed by atoms with van der Waals surface area (Å²) in [6.07, 6.45) is 2.10. The Labute approximate surface area is 110 Å². The van der Waals surface area contributed by atoms with Gasteiger partial charge in [0, 0.05) is 12.4 Å². The van der Waals surface area contributed by atoms with E-state index in [2.05, 4.69) is 37.1 Å². The Hall–Kier alpha value is -0.730. The van der Waals surface area contributed by atoms with E-state index in [0.29, 0.717) is 0 Å². The summed E-state index contributed by atoms with van der Waals surface area (Å²) in [5, 5.41) is 0. The van der Waals surface area contributed by atoms with Crippen LogP contribution in [0.3, 0.4) is 0 Å². The molecular weight excluding hydrogens is 234 g/mol. The Morgan fingerprint density at radius 1 is 1.29 bits per heavy atom. The van der Waals surface area contributed by atoms with Gasteiger partial charge in [-0.3, -0.25) is 0 Å². The highest BCUT2D eigenvalue weighted by Crippen LogP contribution is 2.19. The molecule has 0 atom stereocenters. The van der Waals surface area contributed by atoms with Crippen LogP contribution in [-0.4, -0.2) is 38.0 Å². The van der Waals surface area contributed by atoms with Gasteiger partial charge in [-0.15, -0.1) is 11.6 Å². The highest BCUT2D eigenvalue weighted by molar-refractivity contribution is 6.17. The number of aryl methyl sites for hydroxylation is 1. The van der Waals surface area contributed by atoms with Crippen LogP contribution in [0.2, 0.25) is 0 Å². The summed E-state index contributed by atoms with van der Waals surface area (Å²) in [5.41, 5.74) is 2.51. The van der Waals surface area contributed by atoms with Gasteiger partial charge in [-0.05, 0) is 50.6 Å². The predicted octanol–water partition coefficient (Wildman–Crippen LogP) is 3.11. The Morgan fingerprint density at radius 2 is 2.06 bits per heavy atom. The second kappa shape index (κ2) is 7.57. The Bertz CT molecular complexity index is 341. The zero-order valence-electron chi connectivity index (χ0n) is 11.0. The lowest BCUT2D eigenvalue weighted by Crippen LogP contribution is -2.22. The van der Waals surface area contributed by atoms with Crippen molar-refractivity contribution in [3.63, 3.8) is 0 Å². The highest BCUT2D eigenvalue weighted by atomic mass is 35.5. The SMILES string of the molecule is COc1cc(CCN(C)CCCCl)ccc1C. The van der Waals surface area contributed by atoms with Crippen molar-refractivity contribution in [3.05, 3.63) is 29.3 Å². The number of rotatable bonds is 7. The Morgan fingerprint density at radius 3 is 2.71 bits per heavy atom. The lowest BCUT2D eigenvalue weighted by molar-refractivity contribution is 0.339. The van der Waals surface area contributed by atoms with Gasteiger partial charge in [-0.2, -0.15) is 0 Å². The molecule has 0 fully saturated rings. The van der Waals surface area contributed by atoms with Crippen molar-refractivity contribution >= 4 is 11.6 Å². The molecule has 1 aromatic carbocycles. The molecule has 0 aliphatic heterocycles. The molecule has 0 heterocycles. The summed E-state index contributed by atoms with van der Waals surface area (Å²) in [4.78, 5) is 2.31. The van der Waals surface area contributed by atoms with E-state index in [9.17, 15) is 0 Å². The molecule has 0 spiro atoms. The summed E-state index contributed by atoms with van der Waals surface area (Å²) >= 11 is 5.68. The van der Waals surface area contributed by atoms with Crippen molar-refractivity contribution in [2.24, 2.45) is 0 Å². The molecule has 1 rings (SSSR count). The third-order valence-electron chi connectivity index (χ3n) is 2.93. The van der Waals surface area contributed by atoms with Crippen molar-refractivity contribution in [2.75, 3.05) is 33.1 Å². The minimum Gasteiger partial charge on any atom is -0.496 e. The van der Waals surface area contributed by atoms with E-state index in [-0.39, 0.29) is 0 Å². The van der Waals surface area contributed by atoms with E-state index < -0.39 is 0 Å². The summed E-state index contributed by atoms with van der Waals surface area (Å²) in [6.45, 7) is 4.19. The summed E-state index contributed by atoms with van der Waals surface area (Å²) < 4.78 is 5.33. The highest BCUT2D eigenvalue weighted by Gasteiger charge is 2.02. The molecule has 0 saturated heterocycles. The van der Waals surface area contributed by atoms with E-state index >= 15 is 0 Å². The van der Waals surface area contributed by atoms with Crippen LogP contribution in [-0.2, 0) is 6.42 Å². The van der Waals surface area contributed by atoms with Crippen molar-refractivity contribution in [3.8, 4) is 5.75 Å². The molecule has 1 aromatic rings. The monoisotopic (exact) mass is 255 g/mol. The first kappa shape index (κ1) is 14.3. The van der Waals surface area contributed by atoms with E-state index in [1.165, 1.54) is 11.1 Å². The first-order valence-electron chi connectivity index (χ1n) is 6.05. The van der Waals surface area contributed by atoms with Crippen LogP contribution in [0.15, 0.2) is 18.2 Å². The molecule has 0 N–H and O–H groups in total. The number of ether oxygens (including phenoxy) is 1. The third kappa shape index (κ3) is 4.97. The number of likely N-dealkylation sites (N-methyl/N-ethyl adjacent to an activating group) is 1. The van der Waals surface area contributed by atoms with Crippen LogP contribution < -0.4 is 4.74 Å². The van der Waals surface area contributed by atoms with E-state index in [4.69, 9.17) is 16.3 Å². The number of nitrogens with zero attached hydrogens (tertiary/aromatic N) is 1. The molecule has 0 aliphatic carbocycles. The number of halogens is 1. The fourth-order valence-electron chi connectivity index (χ4n) is 1.78. The normalized spacial score (nSPS) is 10.9. The van der Waals surface area contributed by atoms with Crippen LogP contribution >= 0.6 is 11.6 Å². The van der Waals surface area contributed by atoms with Gasteiger partial charge in [-0.1, -0.05) is 12.1 Å². The molecule has 96 valence electrons. The lowest BCUT2D eigenvalue weighted by Gasteiger charge is -2.16. The third-order valence-corrected chi connectivity index (χ3v) is 3.20. The number of benzene rings is 1. The van der Waals surface area contributed by atoms with Gasteiger partial charge in [0.25, 0.3) is 0 Å². The average Bonchev–Trinajstić information content (AvgIpc) is 2.35. The van der Waals surface area contributed by atoms with Gasteiger partial charge in [0.15, 0.2) is 0 Å². The zero-order chi connectivity index (χ0) is 12.7. The van der Waals surface area contributed by atoms with Gasteiger partial charge < -0.3 is 9.64 Å². The smallest absolute Gasteiger partial charge is 0.122 e. The molecule has 0 unspecified atom stereocenters. The van der Waals surface area contributed by atoms with Gasteiger partial charge in [-0.25, -0.2) is 0 Å². The van der Waals surface area contributed by atoms with Crippen LogP contribution in [0.25, 0.3) is 0 Å². The van der Waals surface area contributed by atoms with E-state index in [0.717, 1.165) is 37.6 Å². The van der Waals surface area contributed by atoms with Crippen molar-refractivity contribution in [1.29, 1.82) is 0 Å². The first-order chi connectivity index (χ1) is 8.17. The molecule has 0 bridgehead atoms. The van der Waals surface area contributed by atoms with Crippen LogP contribution in [0.1, 0.15) is 17.5 Å². The van der Waals surface area contributed by atoms with E-state index in [1.54, 1.807) is 7.11 Å². The fraction of sp³-hybridized carbons (Fsp3) is 0.571. The summed E-state index contributed by atoms with van der Waals surface area (Å²) in [7, 11) is 3.86. The molecule has 0 saturated carbocycles. The molecule has 2 nitrogen and oxygen atoms in total. The van der Waals surface area contributed by atoms with Gasteiger partial charge in [0.2, 0.25) is 0 Å². The minimum atomic E-state index is 0.739. The number of methoxy groups -OCH3 is 1. The average molecular weight is 256 g/mol. The molecule has 0 amide bonds. The molecule has 0 aromatic heterocycles. The van der Waals surface area contributed by atoms with Crippen LogP contribution in [0, 0.1) is 6.92 Å². The lowest BCUT2D eigenvalue weighted by atomic mass is 10.1. The number of alkyl halides is 1. The largest absolute Gasteiger partial charge is 0.496 e. The molecule has 0 radical (unpaired) electrons. The molecule has 3 heteroatoms. The van der Waals surface area contributed by atoms with E-state index in [1.807, 2.05) is 0 Å². The maximum absolute atomic E-state index is 5.68. The number of hydrogen-bond acceptors (Lipinski definition) is 2. The zero-order valence-corrected chi connectivity index (χ0v) is 11.8. The summed E-state index contributed by atoms with van der Waals surface area (Å²) in [5.74, 6) is 1.72. The van der Waals surface area contributed by atoms with Gasteiger partial charge in [0.1, 0.15) is 5.75 Å². The summed E-state index contributed by atoms with van der Waals surface area (Å²) in [6, 6.07) is 6.42. The topological polar surface area (TPSA) is 12.5 Å².